The molecule has 24 heavy (non-hydrogen) atoms. The molecule has 2 saturated heterocycles. The van der Waals surface area contributed by atoms with Crippen molar-refractivity contribution in [3.63, 3.8) is 0 Å². The van der Waals surface area contributed by atoms with E-state index in [4.69, 9.17) is 0 Å². The van der Waals surface area contributed by atoms with Crippen LogP contribution in [0.1, 0.15) is 56.3 Å². The average molecular weight is 332 g/mol. The van der Waals surface area contributed by atoms with Gasteiger partial charge >= 0.3 is 0 Å². The molecule has 1 aromatic carbocycles. The zero-order valence-corrected chi connectivity index (χ0v) is 14.3. The summed E-state index contributed by atoms with van der Waals surface area (Å²) in [6, 6.07) is 6.17. The van der Waals surface area contributed by atoms with Gasteiger partial charge < -0.3 is 10.2 Å². The van der Waals surface area contributed by atoms with E-state index in [0.29, 0.717) is 17.9 Å². The van der Waals surface area contributed by atoms with Crippen molar-refractivity contribution < 1.29 is 14.0 Å². The molecule has 130 valence electrons. The molecular formula is C19H25FN2O2. The van der Waals surface area contributed by atoms with Gasteiger partial charge in [-0.15, -0.1) is 0 Å². The lowest BCUT2D eigenvalue weighted by Gasteiger charge is -2.39. The van der Waals surface area contributed by atoms with E-state index in [1.165, 1.54) is 24.3 Å². The number of halogens is 1. The van der Waals surface area contributed by atoms with Crippen molar-refractivity contribution in [2.24, 2.45) is 5.92 Å². The minimum absolute atomic E-state index is 0.0863. The summed E-state index contributed by atoms with van der Waals surface area (Å²) in [7, 11) is 0. The van der Waals surface area contributed by atoms with Crippen LogP contribution in [0, 0.1) is 11.7 Å². The second-order valence-electron chi connectivity index (χ2n) is 7.43. The lowest BCUT2D eigenvalue weighted by atomic mass is 9.95. The topological polar surface area (TPSA) is 49.4 Å². The Kier molecular flexibility index (Phi) is 4.88. The highest BCUT2D eigenvalue weighted by Gasteiger charge is 2.43. The maximum Gasteiger partial charge on any atom is 0.251 e. The summed E-state index contributed by atoms with van der Waals surface area (Å²) in [4.78, 5) is 26.8. The van der Waals surface area contributed by atoms with E-state index in [9.17, 15) is 14.0 Å². The summed E-state index contributed by atoms with van der Waals surface area (Å²) in [5.41, 5.74) is 0.474. The van der Waals surface area contributed by atoms with Gasteiger partial charge in [0.2, 0.25) is 5.91 Å². The number of benzene rings is 1. The number of carbonyl (C=O) groups is 2. The Labute approximate surface area is 142 Å². The second kappa shape index (κ2) is 6.91. The van der Waals surface area contributed by atoms with Crippen LogP contribution < -0.4 is 5.32 Å². The first-order valence-electron chi connectivity index (χ1n) is 8.81. The summed E-state index contributed by atoms with van der Waals surface area (Å²) in [6.07, 6.45) is 4.27. The van der Waals surface area contributed by atoms with Crippen molar-refractivity contribution in [2.75, 3.05) is 0 Å². The van der Waals surface area contributed by atoms with Gasteiger partial charge in [0, 0.05) is 30.1 Å². The van der Waals surface area contributed by atoms with Gasteiger partial charge in [-0.3, -0.25) is 9.59 Å². The Morgan fingerprint density at radius 3 is 2.29 bits per heavy atom. The van der Waals surface area contributed by atoms with Crippen LogP contribution >= 0.6 is 0 Å². The number of fused-ring (bicyclic) bond motifs is 2. The molecule has 0 aromatic heterocycles. The summed E-state index contributed by atoms with van der Waals surface area (Å²) in [6.45, 7) is 4.13. The number of piperidine rings is 1. The first-order chi connectivity index (χ1) is 11.4. The van der Waals surface area contributed by atoms with Crippen LogP contribution in [0.5, 0.6) is 0 Å². The van der Waals surface area contributed by atoms with E-state index in [0.717, 1.165) is 25.7 Å². The maximum atomic E-state index is 13.0. The van der Waals surface area contributed by atoms with Gasteiger partial charge in [-0.2, -0.15) is 0 Å². The molecule has 2 bridgehead atoms. The number of nitrogens with one attached hydrogen (secondary N) is 1. The third-order valence-electron chi connectivity index (χ3n) is 5.05. The number of hydrogen-bond donors (Lipinski definition) is 1. The van der Waals surface area contributed by atoms with Gasteiger partial charge in [0.25, 0.3) is 5.91 Å². The van der Waals surface area contributed by atoms with Crippen LogP contribution in [0.25, 0.3) is 0 Å². The predicted octanol–water partition coefficient (Wildman–Crippen LogP) is 3.12. The van der Waals surface area contributed by atoms with Gasteiger partial charge in [0.15, 0.2) is 0 Å². The molecule has 2 aliphatic rings. The average Bonchev–Trinajstić information content (AvgIpc) is 2.79. The summed E-state index contributed by atoms with van der Waals surface area (Å²) in [5, 5.41) is 3.06. The highest BCUT2D eigenvalue weighted by atomic mass is 19.1. The SMILES string of the molecule is CC(C)CC(=O)N1C2CCC1CC(NC(=O)c1ccc(F)cc1)C2. The molecule has 2 amide bonds. The normalized spacial score (nSPS) is 25.8. The highest BCUT2D eigenvalue weighted by Crippen LogP contribution is 2.36. The van der Waals surface area contributed by atoms with Crippen molar-refractivity contribution in [2.45, 2.75) is 64.1 Å². The van der Waals surface area contributed by atoms with E-state index in [2.05, 4.69) is 24.1 Å². The van der Waals surface area contributed by atoms with E-state index in [1.807, 2.05) is 0 Å². The van der Waals surface area contributed by atoms with Crippen LogP contribution in [0.3, 0.4) is 0 Å². The third kappa shape index (κ3) is 3.60. The van der Waals surface area contributed by atoms with Crippen molar-refractivity contribution in [3.8, 4) is 0 Å². The molecule has 1 N–H and O–H groups in total. The molecule has 4 nitrogen and oxygen atoms in total. The van der Waals surface area contributed by atoms with Crippen molar-refractivity contribution in [1.29, 1.82) is 0 Å². The Bertz CT molecular complexity index is 600. The molecular weight excluding hydrogens is 307 g/mol. The van der Waals surface area contributed by atoms with E-state index in [1.54, 1.807) is 0 Å². The largest absolute Gasteiger partial charge is 0.349 e. The van der Waals surface area contributed by atoms with Crippen LogP contribution in [-0.4, -0.2) is 34.8 Å². The van der Waals surface area contributed by atoms with E-state index < -0.39 is 0 Å². The first-order valence-corrected chi connectivity index (χ1v) is 8.81. The van der Waals surface area contributed by atoms with E-state index >= 15 is 0 Å². The maximum absolute atomic E-state index is 13.0. The summed E-state index contributed by atoms with van der Waals surface area (Å²) < 4.78 is 13.0. The Morgan fingerprint density at radius 2 is 1.75 bits per heavy atom. The van der Waals surface area contributed by atoms with Gasteiger partial charge in [-0.25, -0.2) is 4.39 Å². The summed E-state index contributed by atoms with van der Waals surface area (Å²) >= 11 is 0. The minimum Gasteiger partial charge on any atom is -0.349 e. The van der Waals surface area contributed by atoms with E-state index in [-0.39, 0.29) is 35.8 Å². The molecule has 0 radical (unpaired) electrons. The highest BCUT2D eigenvalue weighted by molar-refractivity contribution is 5.94. The molecule has 2 heterocycles. The van der Waals surface area contributed by atoms with Gasteiger partial charge in [0.05, 0.1) is 0 Å². The van der Waals surface area contributed by atoms with Crippen molar-refractivity contribution in [3.05, 3.63) is 35.6 Å². The molecule has 5 heteroatoms. The molecule has 2 atom stereocenters. The molecule has 2 aliphatic heterocycles. The van der Waals surface area contributed by atoms with Crippen LogP contribution in [0.4, 0.5) is 4.39 Å². The number of carbonyl (C=O) groups excluding carboxylic acids is 2. The van der Waals surface area contributed by atoms with Crippen molar-refractivity contribution >= 4 is 11.8 Å². The lowest BCUT2D eigenvalue weighted by molar-refractivity contribution is -0.136. The predicted molar refractivity (Wildman–Crippen MR) is 90.0 cm³/mol. The number of rotatable bonds is 4. The lowest BCUT2D eigenvalue weighted by Crippen LogP contribution is -2.52. The standard InChI is InChI=1S/C19H25FN2O2/c1-12(2)9-18(23)22-16-7-8-17(22)11-15(10-16)21-19(24)13-3-5-14(20)6-4-13/h3-6,12,15-17H,7-11H2,1-2H3,(H,21,24). The van der Waals surface area contributed by atoms with Gasteiger partial charge in [-0.1, -0.05) is 13.8 Å². The molecule has 2 fully saturated rings. The van der Waals surface area contributed by atoms with Crippen LogP contribution in [-0.2, 0) is 4.79 Å². The number of amides is 2. The summed E-state index contributed by atoms with van der Waals surface area (Å²) in [5.74, 6) is 0.108. The zero-order valence-electron chi connectivity index (χ0n) is 14.3. The van der Waals surface area contributed by atoms with Crippen LogP contribution in [0.15, 0.2) is 24.3 Å². The molecule has 0 spiro atoms. The van der Waals surface area contributed by atoms with Crippen LogP contribution in [0.2, 0.25) is 0 Å². The smallest absolute Gasteiger partial charge is 0.251 e. The number of nitrogens with zero attached hydrogens (tertiary/aromatic N) is 1. The molecule has 2 unspecified atom stereocenters. The number of hydrogen-bond acceptors (Lipinski definition) is 2. The zero-order chi connectivity index (χ0) is 17.3. The second-order valence-corrected chi connectivity index (χ2v) is 7.43. The quantitative estimate of drug-likeness (QED) is 0.921. The Balaban J connectivity index is 1.60. The first kappa shape index (κ1) is 16.9. The third-order valence-corrected chi connectivity index (χ3v) is 5.05. The fourth-order valence-electron chi connectivity index (χ4n) is 4.03. The fourth-order valence-corrected chi connectivity index (χ4v) is 4.03. The Morgan fingerprint density at radius 1 is 1.17 bits per heavy atom. The fraction of sp³-hybridized carbons (Fsp3) is 0.579. The van der Waals surface area contributed by atoms with Gasteiger partial charge in [-0.05, 0) is 55.9 Å². The van der Waals surface area contributed by atoms with Gasteiger partial charge in [0.1, 0.15) is 5.82 Å². The minimum atomic E-state index is -0.346. The Hall–Kier alpha value is -1.91. The monoisotopic (exact) mass is 332 g/mol. The van der Waals surface area contributed by atoms with Crippen molar-refractivity contribution in [1.82, 2.24) is 10.2 Å². The molecule has 0 aliphatic carbocycles. The molecule has 3 rings (SSSR count). The molecule has 1 aromatic rings. The molecule has 0 saturated carbocycles.